The lowest BCUT2D eigenvalue weighted by atomic mass is 9.81. The van der Waals surface area contributed by atoms with E-state index in [4.69, 9.17) is 0 Å². The number of hydrogen-bond donors (Lipinski definition) is 3. The lowest BCUT2D eigenvalue weighted by molar-refractivity contribution is -0.123. The van der Waals surface area contributed by atoms with Crippen LogP contribution in [0.25, 0.3) is 0 Å². The van der Waals surface area contributed by atoms with Gasteiger partial charge in [-0.1, -0.05) is 13.0 Å². The molecule has 0 bridgehead atoms. The third kappa shape index (κ3) is 4.54. The summed E-state index contributed by atoms with van der Waals surface area (Å²) in [5.74, 6) is -0.319. The molecule has 1 aromatic heterocycles. The van der Waals surface area contributed by atoms with Gasteiger partial charge in [0.2, 0.25) is 5.91 Å². The third-order valence-corrected chi connectivity index (χ3v) is 4.85. The van der Waals surface area contributed by atoms with Gasteiger partial charge in [0.15, 0.2) is 0 Å². The monoisotopic (exact) mass is 309 g/mol. The Balaban J connectivity index is 1.78. The van der Waals surface area contributed by atoms with E-state index in [9.17, 15) is 9.59 Å². The normalized spacial score (nSPS) is 18.8. The molecule has 1 aliphatic rings. The number of carbonyl (C=O) groups is 2. The van der Waals surface area contributed by atoms with Crippen LogP contribution in [0.15, 0.2) is 17.5 Å². The Morgan fingerprint density at radius 3 is 2.76 bits per heavy atom. The average Bonchev–Trinajstić information content (AvgIpc) is 3.00. The van der Waals surface area contributed by atoms with E-state index in [2.05, 4.69) is 22.9 Å². The van der Waals surface area contributed by atoms with Crippen molar-refractivity contribution in [3.63, 3.8) is 0 Å². The molecule has 5 nitrogen and oxygen atoms in total. The SMILES string of the molecule is CC(NC(=O)c1cccs1)C(=O)NCC1(C)CCNCC1. The number of piperidine rings is 1. The summed E-state index contributed by atoms with van der Waals surface area (Å²) in [6, 6.07) is 3.05. The molecule has 1 aliphatic heterocycles. The van der Waals surface area contributed by atoms with Crippen LogP contribution in [0.1, 0.15) is 36.4 Å². The van der Waals surface area contributed by atoms with Crippen LogP contribution in [0, 0.1) is 5.41 Å². The highest BCUT2D eigenvalue weighted by Gasteiger charge is 2.28. The van der Waals surface area contributed by atoms with Gasteiger partial charge in [-0.05, 0) is 49.7 Å². The van der Waals surface area contributed by atoms with Crippen LogP contribution >= 0.6 is 11.3 Å². The van der Waals surface area contributed by atoms with Gasteiger partial charge in [0.05, 0.1) is 4.88 Å². The fourth-order valence-electron chi connectivity index (χ4n) is 2.40. The molecule has 0 spiro atoms. The Labute approximate surface area is 129 Å². The summed E-state index contributed by atoms with van der Waals surface area (Å²) in [5.41, 5.74) is 0.151. The predicted molar refractivity (Wildman–Crippen MR) is 84.5 cm³/mol. The van der Waals surface area contributed by atoms with Crippen LogP contribution in [0.3, 0.4) is 0 Å². The molecular formula is C15H23N3O2S. The van der Waals surface area contributed by atoms with Crippen LogP contribution < -0.4 is 16.0 Å². The van der Waals surface area contributed by atoms with Crippen molar-refractivity contribution in [3.05, 3.63) is 22.4 Å². The molecule has 116 valence electrons. The van der Waals surface area contributed by atoms with Crippen molar-refractivity contribution >= 4 is 23.2 Å². The smallest absolute Gasteiger partial charge is 0.261 e. The average molecular weight is 309 g/mol. The maximum Gasteiger partial charge on any atom is 0.261 e. The van der Waals surface area contributed by atoms with Gasteiger partial charge in [-0.25, -0.2) is 0 Å². The van der Waals surface area contributed by atoms with Crippen molar-refractivity contribution in [3.8, 4) is 0 Å². The van der Waals surface area contributed by atoms with E-state index in [1.807, 2.05) is 11.4 Å². The molecule has 2 rings (SSSR count). The summed E-state index contributed by atoms with van der Waals surface area (Å²) in [7, 11) is 0. The van der Waals surface area contributed by atoms with Gasteiger partial charge in [0.1, 0.15) is 6.04 Å². The Hall–Kier alpha value is -1.40. The highest BCUT2D eigenvalue weighted by molar-refractivity contribution is 7.12. The molecule has 0 radical (unpaired) electrons. The van der Waals surface area contributed by atoms with Gasteiger partial charge in [0, 0.05) is 6.54 Å². The summed E-state index contributed by atoms with van der Waals surface area (Å²) in [5, 5.41) is 10.9. The van der Waals surface area contributed by atoms with Crippen molar-refractivity contribution in [2.24, 2.45) is 5.41 Å². The lowest BCUT2D eigenvalue weighted by Crippen LogP contribution is -2.49. The second-order valence-corrected chi connectivity index (χ2v) is 6.90. The fourth-order valence-corrected chi connectivity index (χ4v) is 3.03. The van der Waals surface area contributed by atoms with E-state index in [0.717, 1.165) is 25.9 Å². The molecule has 1 fully saturated rings. The molecule has 1 unspecified atom stereocenters. The quantitative estimate of drug-likeness (QED) is 0.769. The van der Waals surface area contributed by atoms with Gasteiger partial charge in [-0.3, -0.25) is 9.59 Å². The largest absolute Gasteiger partial charge is 0.354 e. The third-order valence-electron chi connectivity index (χ3n) is 3.99. The minimum atomic E-state index is -0.523. The Morgan fingerprint density at radius 2 is 2.14 bits per heavy atom. The first-order valence-corrected chi connectivity index (χ1v) is 8.21. The Kier molecular flexibility index (Phi) is 5.36. The molecule has 0 saturated carbocycles. The van der Waals surface area contributed by atoms with E-state index in [1.54, 1.807) is 13.0 Å². The van der Waals surface area contributed by atoms with Crippen molar-refractivity contribution < 1.29 is 9.59 Å². The van der Waals surface area contributed by atoms with Gasteiger partial charge in [-0.15, -0.1) is 11.3 Å². The molecule has 1 atom stereocenters. The highest BCUT2D eigenvalue weighted by atomic mass is 32.1. The zero-order valence-corrected chi connectivity index (χ0v) is 13.4. The number of carbonyl (C=O) groups excluding carboxylic acids is 2. The minimum Gasteiger partial charge on any atom is -0.354 e. The van der Waals surface area contributed by atoms with Crippen molar-refractivity contribution in [1.82, 2.24) is 16.0 Å². The first-order chi connectivity index (χ1) is 10.0. The maximum atomic E-state index is 12.1. The molecule has 21 heavy (non-hydrogen) atoms. The summed E-state index contributed by atoms with van der Waals surface area (Å²) in [4.78, 5) is 24.6. The molecule has 2 amide bonds. The second kappa shape index (κ2) is 7.04. The topological polar surface area (TPSA) is 70.2 Å². The van der Waals surface area contributed by atoms with Gasteiger partial charge in [0.25, 0.3) is 5.91 Å². The molecule has 6 heteroatoms. The van der Waals surface area contributed by atoms with E-state index in [0.29, 0.717) is 11.4 Å². The van der Waals surface area contributed by atoms with E-state index in [1.165, 1.54) is 11.3 Å². The number of amides is 2. The second-order valence-electron chi connectivity index (χ2n) is 5.95. The predicted octanol–water partition coefficient (Wildman–Crippen LogP) is 1.37. The van der Waals surface area contributed by atoms with Crippen LogP contribution in [0.4, 0.5) is 0 Å². The Bertz CT molecular complexity index is 481. The van der Waals surface area contributed by atoms with E-state index in [-0.39, 0.29) is 17.2 Å². The van der Waals surface area contributed by atoms with Crippen LogP contribution in [-0.2, 0) is 4.79 Å². The van der Waals surface area contributed by atoms with E-state index >= 15 is 0 Å². The van der Waals surface area contributed by atoms with E-state index < -0.39 is 6.04 Å². The summed E-state index contributed by atoms with van der Waals surface area (Å²) >= 11 is 1.37. The number of hydrogen-bond acceptors (Lipinski definition) is 4. The van der Waals surface area contributed by atoms with Gasteiger partial charge < -0.3 is 16.0 Å². The van der Waals surface area contributed by atoms with Crippen molar-refractivity contribution in [1.29, 1.82) is 0 Å². The first-order valence-electron chi connectivity index (χ1n) is 7.33. The zero-order chi connectivity index (χ0) is 15.3. The number of nitrogens with one attached hydrogen (secondary N) is 3. The molecule has 3 N–H and O–H groups in total. The molecule has 0 aromatic carbocycles. The minimum absolute atomic E-state index is 0.125. The Morgan fingerprint density at radius 1 is 1.43 bits per heavy atom. The van der Waals surface area contributed by atoms with Crippen LogP contribution in [-0.4, -0.2) is 37.5 Å². The van der Waals surface area contributed by atoms with Gasteiger partial charge >= 0.3 is 0 Å². The lowest BCUT2D eigenvalue weighted by Gasteiger charge is -2.34. The molecule has 1 saturated heterocycles. The number of rotatable bonds is 5. The highest BCUT2D eigenvalue weighted by Crippen LogP contribution is 2.26. The standard InChI is InChI=1S/C15H23N3O2S/c1-11(18-14(20)12-4-3-9-21-12)13(19)17-10-15(2)5-7-16-8-6-15/h3-4,9,11,16H,5-8,10H2,1-2H3,(H,17,19)(H,18,20). The van der Waals surface area contributed by atoms with Crippen LogP contribution in [0.2, 0.25) is 0 Å². The fraction of sp³-hybridized carbons (Fsp3) is 0.600. The molecular weight excluding hydrogens is 286 g/mol. The maximum absolute atomic E-state index is 12.1. The van der Waals surface area contributed by atoms with Crippen LogP contribution in [0.5, 0.6) is 0 Å². The summed E-state index contributed by atoms with van der Waals surface area (Å²) in [6.45, 7) is 6.56. The molecule has 2 heterocycles. The molecule has 0 aliphatic carbocycles. The van der Waals surface area contributed by atoms with Crippen molar-refractivity contribution in [2.45, 2.75) is 32.7 Å². The summed E-state index contributed by atoms with van der Waals surface area (Å²) in [6.07, 6.45) is 2.12. The zero-order valence-electron chi connectivity index (χ0n) is 12.6. The van der Waals surface area contributed by atoms with Crippen molar-refractivity contribution in [2.75, 3.05) is 19.6 Å². The summed E-state index contributed by atoms with van der Waals surface area (Å²) < 4.78 is 0. The first kappa shape index (κ1) is 16.0. The molecule has 1 aromatic rings. The number of thiophene rings is 1. The van der Waals surface area contributed by atoms with Gasteiger partial charge in [-0.2, -0.15) is 0 Å².